The molecular weight excluding hydrogens is 298 g/mol. The van der Waals surface area contributed by atoms with Gasteiger partial charge in [-0.2, -0.15) is 0 Å². The summed E-state index contributed by atoms with van der Waals surface area (Å²) in [6, 6.07) is 10.4. The van der Waals surface area contributed by atoms with Crippen LogP contribution in [0.1, 0.15) is 50.7 Å². The topological polar surface area (TPSA) is 31.4 Å². The van der Waals surface area contributed by atoms with Gasteiger partial charge in [-0.05, 0) is 61.1 Å². The lowest BCUT2D eigenvalue weighted by molar-refractivity contribution is 0.171. The fourth-order valence-electron chi connectivity index (χ4n) is 2.89. The van der Waals surface area contributed by atoms with Gasteiger partial charge in [-0.15, -0.1) is 0 Å². The van der Waals surface area contributed by atoms with E-state index in [2.05, 4.69) is 43.1 Å². The lowest BCUT2D eigenvalue weighted by Crippen LogP contribution is -2.16. The van der Waals surface area contributed by atoms with Crippen molar-refractivity contribution in [1.29, 1.82) is 0 Å². The van der Waals surface area contributed by atoms with Gasteiger partial charge in [-0.1, -0.05) is 32.8 Å². The van der Waals surface area contributed by atoms with E-state index < -0.39 is 0 Å². The van der Waals surface area contributed by atoms with E-state index in [1.165, 1.54) is 11.1 Å². The van der Waals surface area contributed by atoms with Crippen molar-refractivity contribution in [3.63, 3.8) is 0 Å². The van der Waals surface area contributed by atoms with Crippen LogP contribution in [-0.2, 0) is 12.8 Å². The average molecular weight is 327 g/mol. The van der Waals surface area contributed by atoms with Crippen LogP contribution < -0.4 is 9.47 Å². The smallest absolute Gasteiger partial charge is 0.161 e. The van der Waals surface area contributed by atoms with Crippen molar-refractivity contribution in [1.82, 2.24) is 4.98 Å². The minimum atomic E-state index is 0.268. The van der Waals surface area contributed by atoms with Gasteiger partial charge in [0.25, 0.3) is 0 Å². The molecule has 1 aromatic carbocycles. The van der Waals surface area contributed by atoms with Crippen LogP contribution in [0.5, 0.6) is 11.5 Å². The van der Waals surface area contributed by atoms with Crippen molar-refractivity contribution in [2.24, 2.45) is 0 Å². The van der Waals surface area contributed by atoms with E-state index in [9.17, 15) is 0 Å². The lowest BCUT2D eigenvalue weighted by Gasteiger charge is -2.20. The van der Waals surface area contributed by atoms with E-state index in [-0.39, 0.29) is 6.10 Å². The van der Waals surface area contributed by atoms with Gasteiger partial charge in [0.1, 0.15) is 0 Å². The van der Waals surface area contributed by atoms with Crippen LogP contribution >= 0.6 is 0 Å². The van der Waals surface area contributed by atoms with Gasteiger partial charge in [-0.3, -0.25) is 4.98 Å². The normalized spacial score (nSPS) is 10.8. The number of nitrogens with zero attached hydrogens (tertiary/aromatic N) is 1. The Hall–Kier alpha value is -2.03. The molecule has 1 aromatic heterocycles. The summed E-state index contributed by atoms with van der Waals surface area (Å²) in [5.41, 5.74) is 2.58. The van der Waals surface area contributed by atoms with Gasteiger partial charge in [0.15, 0.2) is 11.5 Å². The number of benzene rings is 1. The van der Waals surface area contributed by atoms with Gasteiger partial charge in [-0.25, -0.2) is 0 Å². The van der Waals surface area contributed by atoms with Crippen molar-refractivity contribution >= 4 is 0 Å². The number of aromatic nitrogens is 1. The molecule has 0 spiro atoms. The number of aryl methyl sites for hydroxylation is 2. The van der Waals surface area contributed by atoms with Crippen molar-refractivity contribution in [3.05, 3.63) is 53.9 Å². The van der Waals surface area contributed by atoms with Crippen LogP contribution in [0.3, 0.4) is 0 Å². The Morgan fingerprint density at radius 3 is 2.17 bits per heavy atom. The van der Waals surface area contributed by atoms with E-state index in [0.29, 0.717) is 0 Å². The van der Waals surface area contributed by atoms with E-state index in [0.717, 1.165) is 50.0 Å². The molecule has 0 aliphatic rings. The highest BCUT2D eigenvalue weighted by atomic mass is 16.5. The minimum Gasteiger partial charge on any atom is -0.493 e. The van der Waals surface area contributed by atoms with Gasteiger partial charge in [0.2, 0.25) is 0 Å². The second kappa shape index (κ2) is 9.96. The number of hydrogen-bond donors (Lipinski definition) is 0. The molecular formula is C21H29NO2. The van der Waals surface area contributed by atoms with E-state index in [1.54, 1.807) is 7.11 Å². The first-order valence-electron chi connectivity index (χ1n) is 8.99. The third kappa shape index (κ3) is 5.55. The second-order valence-electron chi connectivity index (χ2n) is 6.16. The summed E-state index contributed by atoms with van der Waals surface area (Å²) in [5.74, 6) is 1.69. The minimum absolute atomic E-state index is 0.268. The van der Waals surface area contributed by atoms with E-state index >= 15 is 0 Å². The molecule has 0 saturated heterocycles. The SMILES string of the molecule is CCCC(CCC)Oc1cc(CCc2ccncc2)ccc1OC. The first-order chi connectivity index (χ1) is 11.8. The van der Waals surface area contributed by atoms with Gasteiger partial charge in [0, 0.05) is 12.4 Å². The molecule has 0 radical (unpaired) electrons. The van der Waals surface area contributed by atoms with E-state index in [4.69, 9.17) is 9.47 Å². The highest BCUT2D eigenvalue weighted by Crippen LogP contribution is 2.31. The van der Waals surface area contributed by atoms with Crippen LogP contribution in [0.2, 0.25) is 0 Å². The Bertz CT molecular complexity index is 592. The Kier molecular flexibility index (Phi) is 7.60. The first-order valence-corrected chi connectivity index (χ1v) is 8.99. The van der Waals surface area contributed by atoms with Crippen LogP contribution in [0, 0.1) is 0 Å². The van der Waals surface area contributed by atoms with Gasteiger partial charge >= 0.3 is 0 Å². The molecule has 1 heterocycles. The summed E-state index contributed by atoms with van der Waals surface area (Å²) in [6.07, 6.45) is 10.4. The zero-order valence-electron chi connectivity index (χ0n) is 15.1. The molecule has 0 atom stereocenters. The maximum absolute atomic E-state index is 6.28. The maximum atomic E-state index is 6.28. The summed E-state index contributed by atoms with van der Waals surface area (Å²) in [4.78, 5) is 4.07. The lowest BCUT2D eigenvalue weighted by atomic mass is 10.0. The van der Waals surface area contributed by atoms with Crippen LogP contribution in [0.15, 0.2) is 42.7 Å². The molecule has 0 aliphatic heterocycles. The predicted octanol–water partition coefficient (Wildman–Crippen LogP) is 5.22. The van der Waals surface area contributed by atoms with Crippen LogP contribution in [0.4, 0.5) is 0 Å². The second-order valence-corrected chi connectivity index (χ2v) is 6.16. The number of ether oxygens (including phenoxy) is 2. The zero-order chi connectivity index (χ0) is 17.2. The molecule has 0 unspecified atom stereocenters. The first kappa shape index (κ1) is 18.3. The molecule has 24 heavy (non-hydrogen) atoms. The highest BCUT2D eigenvalue weighted by Gasteiger charge is 2.13. The molecule has 2 rings (SSSR count). The molecule has 0 bridgehead atoms. The molecule has 3 heteroatoms. The number of pyridine rings is 1. The summed E-state index contributed by atoms with van der Waals surface area (Å²) >= 11 is 0. The average Bonchev–Trinajstić information content (AvgIpc) is 2.61. The molecule has 0 amide bonds. The number of rotatable bonds is 10. The van der Waals surface area contributed by atoms with Crippen molar-refractivity contribution in [2.75, 3.05) is 7.11 Å². The van der Waals surface area contributed by atoms with Crippen LogP contribution in [0.25, 0.3) is 0 Å². The van der Waals surface area contributed by atoms with Crippen LogP contribution in [-0.4, -0.2) is 18.2 Å². The van der Waals surface area contributed by atoms with Gasteiger partial charge < -0.3 is 9.47 Å². The molecule has 0 saturated carbocycles. The molecule has 2 aromatic rings. The quantitative estimate of drug-likeness (QED) is 0.599. The molecule has 3 nitrogen and oxygen atoms in total. The summed E-state index contributed by atoms with van der Waals surface area (Å²) in [5, 5.41) is 0. The molecule has 0 N–H and O–H groups in total. The van der Waals surface area contributed by atoms with Crippen molar-refractivity contribution < 1.29 is 9.47 Å². The number of methoxy groups -OCH3 is 1. The molecule has 0 aliphatic carbocycles. The maximum Gasteiger partial charge on any atom is 0.161 e. The fourth-order valence-corrected chi connectivity index (χ4v) is 2.89. The van der Waals surface area contributed by atoms with E-state index in [1.807, 2.05) is 18.5 Å². The van der Waals surface area contributed by atoms with Crippen molar-refractivity contribution in [2.45, 2.75) is 58.5 Å². The third-order valence-corrected chi connectivity index (χ3v) is 4.19. The third-order valence-electron chi connectivity index (χ3n) is 4.19. The Labute approximate surface area is 146 Å². The number of hydrogen-bond acceptors (Lipinski definition) is 3. The zero-order valence-corrected chi connectivity index (χ0v) is 15.1. The Morgan fingerprint density at radius 2 is 1.54 bits per heavy atom. The standard InChI is InChI=1S/C21H29NO2/c1-4-6-19(7-5-2)24-21-16-18(10-11-20(21)23-3)9-8-17-12-14-22-15-13-17/h10-16,19H,4-9H2,1-3H3. The summed E-state index contributed by atoms with van der Waals surface area (Å²) in [6.45, 7) is 4.41. The summed E-state index contributed by atoms with van der Waals surface area (Å²) in [7, 11) is 1.70. The largest absolute Gasteiger partial charge is 0.493 e. The highest BCUT2D eigenvalue weighted by molar-refractivity contribution is 5.43. The van der Waals surface area contributed by atoms with Crippen molar-refractivity contribution in [3.8, 4) is 11.5 Å². The molecule has 0 fully saturated rings. The fraction of sp³-hybridized carbons (Fsp3) is 0.476. The Balaban J connectivity index is 2.08. The van der Waals surface area contributed by atoms with Gasteiger partial charge in [0.05, 0.1) is 13.2 Å². The predicted molar refractivity (Wildman–Crippen MR) is 98.9 cm³/mol. The molecule has 130 valence electrons. The Morgan fingerprint density at radius 1 is 0.875 bits per heavy atom. The monoisotopic (exact) mass is 327 g/mol. The summed E-state index contributed by atoms with van der Waals surface area (Å²) < 4.78 is 11.8.